The normalized spacial score (nSPS) is 13.3. The fourth-order valence-electron chi connectivity index (χ4n) is 7.31. The molecule has 0 aliphatic heterocycles. The maximum Gasteiger partial charge on any atom is 0.116 e. The highest BCUT2D eigenvalue weighted by molar-refractivity contribution is 6.54. The Bertz CT molecular complexity index is 2600. The molecule has 7 aromatic carbocycles. The van der Waals surface area contributed by atoms with E-state index in [2.05, 4.69) is 132 Å². The Hall–Kier alpha value is -6.91. The molecule has 1 aliphatic rings. The highest BCUT2D eigenvalue weighted by Gasteiger charge is 2.24. The van der Waals surface area contributed by atoms with Gasteiger partial charge < -0.3 is 0 Å². The lowest BCUT2D eigenvalue weighted by Gasteiger charge is -2.22. The molecule has 1 aromatic heterocycles. The van der Waals surface area contributed by atoms with Gasteiger partial charge in [0.05, 0.1) is 11.4 Å². The number of hydrogen-bond donors (Lipinski definition) is 2. The van der Waals surface area contributed by atoms with E-state index in [1.807, 2.05) is 54.7 Å². The third-order valence-electron chi connectivity index (χ3n) is 9.65. The second kappa shape index (κ2) is 12.8. The number of aromatic nitrogens is 1. The van der Waals surface area contributed by atoms with Crippen LogP contribution in [0.5, 0.6) is 0 Å². The van der Waals surface area contributed by atoms with Crippen molar-refractivity contribution >= 4 is 44.2 Å². The van der Waals surface area contributed by atoms with E-state index >= 15 is 0 Å². The summed E-state index contributed by atoms with van der Waals surface area (Å²) in [6.07, 6.45) is 5.58. The van der Waals surface area contributed by atoms with Crippen molar-refractivity contribution in [1.82, 2.24) is 4.98 Å². The van der Waals surface area contributed by atoms with E-state index in [1.165, 1.54) is 38.2 Å². The molecule has 4 heteroatoms. The molecule has 0 radical (unpaired) electrons. The summed E-state index contributed by atoms with van der Waals surface area (Å²) in [7, 11) is 0. The van der Waals surface area contributed by atoms with Crippen molar-refractivity contribution in [3.8, 4) is 33.4 Å². The molecule has 2 N–H and O–H groups in total. The minimum absolute atomic E-state index is 0.358. The number of hydrogen-bond acceptors (Lipinski definition) is 4. The number of rotatable bonds is 6. The predicted molar refractivity (Wildman–Crippen MR) is 213 cm³/mol. The molecule has 0 fully saturated rings. The van der Waals surface area contributed by atoms with Crippen molar-refractivity contribution in [2.75, 3.05) is 5.43 Å². The van der Waals surface area contributed by atoms with Gasteiger partial charge in [-0.1, -0.05) is 140 Å². The Kier molecular flexibility index (Phi) is 7.60. The van der Waals surface area contributed by atoms with Crippen LogP contribution in [0.2, 0.25) is 0 Å². The Morgan fingerprint density at radius 1 is 0.471 bits per heavy atom. The SMILES string of the molecule is N=C1C=C(c2cccc(-c3c4ccccc4c(-c4ccccc4)c4ccccc34)c2)c2ccccc2/C1=N/Nc1ccc(-c2cccnc2)cc1. The first-order valence-corrected chi connectivity index (χ1v) is 17.1. The standard InChI is InChI=1S/C47H32N4/c48-44-29-43(37-17-4-9-22-42(37)47(44)51-50-36-25-23-31(24-26-36)35-16-11-27-49-30-35)33-14-10-15-34(28-33)46-40-20-7-5-18-38(40)45(32-12-2-1-3-13-32)39-19-6-8-21-41(39)46/h1-30,48,50H/b48-44?,51-47-. The van der Waals surface area contributed by atoms with E-state index in [-0.39, 0.29) is 0 Å². The number of benzene rings is 7. The van der Waals surface area contributed by atoms with Crippen LogP contribution in [-0.4, -0.2) is 16.4 Å². The van der Waals surface area contributed by atoms with Crippen molar-refractivity contribution in [1.29, 1.82) is 5.41 Å². The summed E-state index contributed by atoms with van der Waals surface area (Å²) in [5.74, 6) is 0. The molecular weight excluding hydrogens is 621 g/mol. The van der Waals surface area contributed by atoms with E-state index in [0.29, 0.717) is 11.4 Å². The lowest BCUT2D eigenvalue weighted by Crippen LogP contribution is -2.21. The molecule has 1 aliphatic carbocycles. The topological polar surface area (TPSA) is 61.1 Å². The maximum atomic E-state index is 9.15. The summed E-state index contributed by atoms with van der Waals surface area (Å²) in [5.41, 5.74) is 16.0. The zero-order valence-electron chi connectivity index (χ0n) is 27.7. The molecule has 0 atom stereocenters. The predicted octanol–water partition coefficient (Wildman–Crippen LogP) is 11.7. The van der Waals surface area contributed by atoms with Crippen molar-refractivity contribution in [2.24, 2.45) is 5.10 Å². The molecule has 8 aromatic rings. The average Bonchev–Trinajstić information content (AvgIpc) is 3.20. The van der Waals surface area contributed by atoms with Crippen LogP contribution >= 0.6 is 0 Å². The molecule has 240 valence electrons. The van der Waals surface area contributed by atoms with Crippen LogP contribution in [0.25, 0.3) is 60.5 Å². The van der Waals surface area contributed by atoms with Crippen LogP contribution in [0, 0.1) is 5.41 Å². The molecule has 0 saturated heterocycles. The number of allylic oxidation sites excluding steroid dienone is 1. The summed E-state index contributed by atoms with van der Waals surface area (Å²) >= 11 is 0. The van der Waals surface area contributed by atoms with Gasteiger partial charge in [0.1, 0.15) is 5.71 Å². The molecule has 0 unspecified atom stereocenters. The summed E-state index contributed by atoms with van der Waals surface area (Å²) in [5, 5.41) is 18.8. The second-order valence-electron chi connectivity index (χ2n) is 12.7. The first kappa shape index (κ1) is 30.2. The molecule has 51 heavy (non-hydrogen) atoms. The number of anilines is 1. The lowest BCUT2D eigenvalue weighted by atomic mass is 9.83. The van der Waals surface area contributed by atoms with Gasteiger partial charge >= 0.3 is 0 Å². The Balaban J connectivity index is 1.11. The Labute approximate surface area is 296 Å². The van der Waals surface area contributed by atoms with E-state index in [9.17, 15) is 0 Å². The molecular formula is C47H32N4. The van der Waals surface area contributed by atoms with Crippen molar-refractivity contribution in [2.45, 2.75) is 0 Å². The van der Waals surface area contributed by atoms with Gasteiger partial charge in [-0.15, -0.1) is 0 Å². The van der Waals surface area contributed by atoms with E-state index < -0.39 is 0 Å². The van der Waals surface area contributed by atoms with Gasteiger partial charge in [0.2, 0.25) is 0 Å². The third kappa shape index (κ3) is 5.49. The van der Waals surface area contributed by atoms with Crippen LogP contribution in [-0.2, 0) is 0 Å². The molecule has 0 amide bonds. The summed E-state index contributed by atoms with van der Waals surface area (Å²) in [4.78, 5) is 4.23. The summed E-state index contributed by atoms with van der Waals surface area (Å²) < 4.78 is 0. The van der Waals surface area contributed by atoms with Gasteiger partial charge in [-0.3, -0.25) is 15.8 Å². The second-order valence-corrected chi connectivity index (χ2v) is 12.7. The van der Waals surface area contributed by atoms with Crippen LogP contribution < -0.4 is 5.43 Å². The molecule has 4 nitrogen and oxygen atoms in total. The van der Waals surface area contributed by atoms with E-state index in [1.54, 1.807) is 6.20 Å². The van der Waals surface area contributed by atoms with Gasteiger partial charge in [-0.2, -0.15) is 5.10 Å². The zero-order valence-corrected chi connectivity index (χ0v) is 27.7. The summed E-state index contributed by atoms with van der Waals surface area (Å²) in [6.45, 7) is 0. The Morgan fingerprint density at radius 3 is 1.71 bits per heavy atom. The average molecular weight is 653 g/mol. The van der Waals surface area contributed by atoms with Gasteiger partial charge in [0.25, 0.3) is 0 Å². The number of pyridine rings is 1. The molecule has 0 saturated carbocycles. The number of hydrazone groups is 1. The van der Waals surface area contributed by atoms with Gasteiger partial charge in [0, 0.05) is 18.0 Å². The maximum absolute atomic E-state index is 9.15. The first-order valence-electron chi connectivity index (χ1n) is 17.1. The van der Waals surface area contributed by atoms with E-state index in [0.717, 1.165) is 44.6 Å². The van der Waals surface area contributed by atoms with Crippen molar-refractivity contribution in [3.63, 3.8) is 0 Å². The van der Waals surface area contributed by atoms with Crippen molar-refractivity contribution in [3.05, 3.63) is 199 Å². The Morgan fingerprint density at radius 2 is 1.04 bits per heavy atom. The quantitative estimate of drug-likeness (QED) is 0.139. The fourth-order valence-corrected chi connectivity index (χ4v) is 7.31. The molecule has 0 bridgehead atoms. The molecule has 9 rings (SSSR count). The first-order chi connectivity index (χ1) is 25.2. The smallest absolute Gasteiger partial charge is 0.116 e. The highest BCUT2D eigenvalue weighted by atomic mass is 15.3. The van der Waals surface area contributed by atoms with E-state index in [4.69, 9.17) is 10.5 Å². The minimum Gasteiger partial charge on any atom is -0.299 e. The van der Waals surface area contributed by atoms with Gasteiger partial charge in [-0.05, 0) is 102 Å². The van der Waals surface area contributed by atoms with Crippen molar-refractivity contribution < 1.29 is 0 Å². The van der Waals surface area contributed by atoms with Gasteiger partial charge in [0.15, 0.2) is 0 Å². The van der Waals surface area contributed by atoms with Crippen LogP contribution in [0.1, 0.15) is 16.7 Å². The zero-order chi connectivity index (χ0) is 34.1. The third-order valence-corrected chi connectivity index (χ3v) is 9.65. The molecule has 1 heterocycles. The monoisotopic (exact) mass is 652 g/mol. The van der Waals surface area contributed by atoms with Crippen LogP contribution in [0.15, 0.2) is 187 Å². The van der Waals surface area contributed by atoms with Crippen LogP contribution in [0.4, 0.5) is 5.69 Å². The number of fused-ring (bicyclic) bond motifs is 3. The number of nitrogens with zero attached hydrogens (tertiary/aromatic N) is 2. The number of nitrogens with one attached hydrogen (secondary N) is 2. The fraction of sp³-hybridized carbons (Fsp3) is 0. The molecule has 0 spiro atoms. The lowest BCUT2D eigenvalue weighted by molar-refractivity contribution is 1.32. The van der Waals surface area contributed by atoms with Crippen LogP contribution in [0.3, 0.4) is 0 Å². The highest BCUT2D eigenvalue weighted by Crippen LogP contribution is 2.44. The minimum atomic E-state index is 0.358. The summed E-state index contributed by atoms with van der Waals surface area (Å²) in [6, 6.07) is 57.2. The van der Waals surface area contributed by atoms with Gasteiger partial charge in [-0.25, -0.2) is 0 Å². The largest absolute Gasteiger partial charge is 0.299 e.